The molecule has 0 saturated heterocycles. The van der Waals surface area contributed by atoms with Gasteiger partial charge in [-0.05, 0) is 31.2 Å². The number of hydrogen-bond donors (Lipinski definition) is 3. The summed E-state index contributed by atoms with van der Waals surface area (Å²) < 4.78 is 0. The van der Waals surface area contributed by atoms with Crippen LogP contribution >= 0.6 is 0 Å². The van der Waals surface area contributed by atoms with E-state index < -0.39 is 0 Å². The summed E-state index contributed by atoms with van der Waals surface area (Å²) in [5.41, 5.74) is 1.22. The van der Waals surface area contributed by atoms with Crippen LogP contribution < -0.4 is 5.32 Å². The van der Waals surface area contributed by atoms with Crippen LogP contribution in [0.25, 0.3) is 0 Å². The summed E-state index contributed by atoms with van der Waals surface area (Å²) in [5.74, 6) is -0.156. The van der Waals surface area contributed by atoms with Crippen molar-refractivity contribution in [2.24, 2.45) is 5.41 Å². The van der Waals surface area contributed by atoms with Crippen molar-refractivity contribution in [2.45, 2.75) is 33.6 Å². The minimum atomic E-state index is -0.156. The van der Waals surface area contributed by atoms with Crippen molar-refractivity contribution in [3.8, 4) is 0 Å². The van der Waals surface area contributed by atoms with Gasteiger partial charge in [-0.15, -0.1) is 0 Å². The number of H-pyrrole nitrogens is 1. The lowest BCUT2D eigenvalue weighted by Crippen LogP contribution is -2.26. The maximum Gasteiger partial charge on any atom is 0.271 e. The van der Waals surface area contributed by atoms with Crippen molar-refractivity contribution in [1.29, 1.82) is 0 Å². The molecule has 0 spiro atoms. The summed E-state index contributed by atoms with van der Waals surface area (Å²) in [6, 6.07) is 1.72. The molecule has 0 bridgehead atoms. The lowest BCUT2D eigenvalue weighted by molar-refractivity contribution is 0.0943. The highest BCUT2D eigenvalue weighted by molar-refractivity contribution is 5.92. The zero-order valence-electron chi connectivity index (χ0n) is 10.7. The molecule has 1 heterocycles. The Morgan fingerprint density at radius 1 is 1.59 bits per heavy atom. The molecular formula is C12H21N3O2. The van der Waals surface area contributed by atoms with Crippen molar-refractivity contribution in [2.75, 3.05) is 13.2 Å². The molecule has 0 aliphatic rings. The van der Waals surface area contributed by atoms with Gasteiger partial charge in [-0.2, -0.15) is 5.10 Å². The first kappa shape index (κ1) is 13.7. The summed E-state index contributed by atoms with van der Waals surface area (Å²) in [6.07, 6.45) is 1.73. The fourth-order valence-electron chi connectivity index (χ4n) is 1.47. The smallest absolute Gasteiger partial charge is 0.271 e. The van der Waals surface area contributed by atoms with E-state index in [1.807, 2.05) is 20.8 Å². The molecule has 3 N–H and O–H groups in total. The summed E-state index contributed by atoms with van der Waals surface area (Å²) in [7, 11) is 0. The van der Waals surface area contributed by atoms with E-state index in [1.165, 1.54) is 0 Å². The molecule has 96 valence electrons. The quantitative estimate of drug-likeness (QED) is 0.654. The van der Waals surface area contributed by atoms with Gasteiger partial charge in [0.05, 0.1) is 0 Å². The van der Waals surface area contributed by atoms with Crippen LogP contribution in [0.3, 0.4) is 0 Å². The number of amides is 1. The standard InChI is InChI=1S/C12H21N3O2/c1-9-7-10(15-14-9)11(17)13-6-4-5-12(2,3)8-16/h7,16H,4-6,8H2,1-3H3,(H,13,17)(H,14,15). The van der Waals surface area contributed by atoms with Crippen LogP contribution in [0.1, 0.15) is 42.9 Å². The predicted octanol–water partition coefficient (Wildman–Crippen LogP) is 1.25. The van der Waals surface area contributed by atoms with Crippen LogP contribution in [-0.2, 0) is 0 Å². The van der Waals surface area contributed by atoms with E-state index in [-0.39, 0.29) is 17.9 Å². The third-order valence-corrected chi connectivity index (χ3v) is 2.68. The number of aliphatic hydroxyl groups excluding tert-OH is 1. The van der Waals surface area contributed by atoms with E-state index in [0.717, 1.165) is 18.5 Å². The third-order valence-electron chi connectivity index (χ3n) is 2.68. The van der Waals surface area contributed by atoms with Gasteiger partial charge >= 0.3 is 0 Å². The van der Waals surface area contributed by atoms with Crippen LogP contribution in [0.5, 0.6) is 0 Å². The van der Waals surface area contributed by atoms with E-state index in [9.17, 15) is 4.79 Å². The Balaban J connectivity index is 2.26. The molecule has 1 aromatic rings. The van der Waals surface area contributed by atoms with Crippen molar-refractivity contribution >= 4 is 5.91 Å². The minimum absolute atomic E-state index is 0.0757. The number of aryl methyl sites for hydroxylation is 1. The molecule has 1 aromatic heterocycles. The molecular weight excluding hydrogens is 218 g/mol. The highest BCUT2D eigenvalue weighted by Gasteiger charge is 2.16. The lowest BCUT2D eigenvalue weighted by Gasteiger charge is -2.21. The number of nitrogens with zero attached hydrogens (tertiary/aromatic N) is 1. The molecule has 0 aliphatic carbocycles. The summed E-state index contributed by atoms with van der Waals surface area (Å²) >= 11 is 0. The van der Waals surface area contributed by atoms with Gasteiger partial charge in [-0.3, -0.25) is 9.89 Å². The molecule has 0 aliphatic heterocycles. The zero-order chi connectivity index (χ0) is 12.9. The SMILES string of the molecule is Cc1cc(C(=O)NCCCC(C)(C)CO)n[nH]1. The number of aromatic amines is 1. The van der Waals surface area contributed by atoms with E-state index >= 15 is 0 Å². The molecule has 0 unspecified atom stereocenters. The molecule has 0 radical (unpaired) electrons. The molecule has 17 heavy (non-hydrogen) atoms. The van der Waals surface area contributed by atoms with E-state index in [1.54, 1.807) is 6.07 Å². The number of carbonyl (C=O) groups is 1. The Hall–Kier alpha value is -1.36. The fraction of sp³-hybridized carbons (Fsp3) is 0.667. The molecule has 5 heteroatoms. The number of carbonyl (C=O) groups excluding carboxylic acids is 1. The van der Waals surface area contributed by atoms with Crippen molar-refractivity contribution in [3.05, 3.63) is 17.5 Å². The van der Waals surface area contributed by atoms with Gasteiger partial charge in [-0.25, -0.2) is 0 Å². The molecule has 0 aromatic carbocycles. The predicted molar refractivity (Wildman–Crippen MR) is 65.8 cm³/mol. The largest absolute Gasteiger partial charge is 0.396 e. The summed E-state index contributed by atoms with van der Waals surface area (Å²) in [4.78, 5) is 11.6. The van der Waals surface area contributed by atoms with Crippen LogP contribution in [0, 0.1) is 12.3 Å². The second kappa shape index (κ2) is 5.82. The number of aromatic nitrogens is 2. The number of nitrogens with one attached hydrogen (secondary N) is 2. The van der Waals surface area contributed by atoms with E-state index in [2.05, 4.69) is 15.5 Å². The van der Waals surface area contributed by atoms with Crippen LogP contribution in [0.2, 0.25) is 0 Å². The van der Waals surface area contributed by atoms with Crippen molar-refractivity contribution < 1.29 is 9.90 Å². The average Bonchev–Trinajstić information content (AvgIpc) is 2.71. The third kappa shape index (κ3) is 4.56. The Kier molecular flexibility index (Phi) is 4.69. The van der Waals surface area contributed by atoms with Gasteiger partial charge < -0.3 is 10.4 Å². The minimum Gasteiger partial charge on any atom is -0.396 e. The van der Waals surface area contributed by atoms with Gasteiger partial charge in [0.2, 0.25) is 0 Å². The molecule has 0 saturated carbocycles. The zero-order valence-corrected chi connectivity index (χ0v) is 10.7. The Morgan fingerprint density at radius 2 is 2.29 bits per heavy atom. The number of rotatable bonds is 6. The second-order valence-corrected chi connectivity index (χ2v) is 5.12. The van der Waals surface area contributed by atoms with E-state index in [0.29, 0.717) is 12.2 Å². The number of hydrogen-bond acceptors (Lipinski definition) is 3. The maximum absolute atomic E-state index is 11.6. The topological polar surface area (TPSA) is 78.0 Å². The average molecular weight is 239 g/mol. The molecule has 1 rings (SSSR count). The molecule has 1 amide bonds. The van der Waals surface area contributed by atoms with Crippen molar-refractivity contribution in [1.82, 2.24) is 15.5 Å². The number of aliphatic hydroxyl groups is 1. The van der Waals surface area contributed by atoms with Gasteiger partial charge in [0, 0.05) is 18.8 Å². The van der Waals surface area contributed by atoms with Gasteiger partial charge in [-0.1, -0.05) is 13.8 Å². The summed E-state index contributed by atoms with van der Waals surface area (Å²) in [5, 5.41) is 18.5. The normalized spacial score (nSPS) is 11.5. The summed E-state index contributed by atoms with van der Waals surface area (Å²) in [6.45, 7) is 6.64. The Labute approximate surface area is 102 Å². The van der Waals surface area contributed by atoms with Gasteiger partial charge in [0.1, 0.15) is 5.69 Å². The molecule has 0 atom stereocenters. The first-order valence-electron chi connectivity index (χ1n) is 5.86. The highest BCUT2D eigenvalue weighted by atomic mass is 16.3. The van der Waals surface area contributed by atoms with Gasteiger partial charge in [0.25, 0.3) is 5.91 Å². The highest BCUT2D eigenvalue weighted by Crippen LogP contribution is 2.20. The Morgan fingerprint density at radius 3 is 2.82 bits per heavy atom. The first-order valence-corrected chi connectivity index (χ1v) is 5.86. The van der Waals surface area contributed by atoms with Crippen LogP contribution in [0.15, 0.2) is 6.07 Å². The van der Waals surface area contributed by atoms with Gasteiger partial charge in [0.15, 0.2) is 0 Å². The van der Waals surface area contributed by atoms with Crippen LogP contribution in [0.4, 0.5) is 0 Å². The Bertz CT molecular complexity index is 372. The lowest BCUT2D eigenvalue weighted by atomic mass is 9.89. The first-order chi connectivity index (χ1) is 7.94. The second-order valence-electron chi connectivity index (χ2n) is 5.12. The van der Waals surface area contributed by atoms with E-state index in [4.69, 9.17) is 5.11 Å². The van der Waals surface area contributed by atoms with Crippen molar-refractivity contribution in [3.63, 3.8) is 0 Å². The maximum atomic E-state index is 11.6. The monoisotopic (exact) mass is 239 g/mol. The molecule has 5 nitrogen and oxygen atoms in total. The fourth-order valence-corrected chi connectivity index (χ4v) is 1.47. The molecule has 0 fully saturated rings. The van der Waals surface area contributed by atoms with Crippen LogP contribution in [-0.4, -0.2) is 34.4 Å².